The highest BCUT2D eigenvalue weighted by Crippen LogP contribution is 2.42. The van der Waals surface area contributed by atoms with Crippen molar-refractivity contribution in [3.63, 3.8) is 0 Å². The molecule has 6 atom stereocenters. The van der Waals surface area contributed by atoms with Crippen LogP contribution in [0.5, 0.6) is 17.2 Å². The molecule has 0 aromatic heterocycles. The Bertz CT molecular complexity index is 1600. The van der Waals surface area contributed by atoms with Gasteiger partial charge in [-0.05, 0) is 96.0 Å². The van der Waals surface area contributed by atoms with E-state index in [0.717, 1.165) is 18.9 Å². The van der Waals surface area contributed by atoms with Gasteiger partial charge in [-0.3, -0.25) is 9.59 Å². The van der Waals surface area contributed by atoms with Gasteiger partial charge >= 0.3 is 5.97 Å². The number of phenols is 2. The average Bonchev–Trinajstić information content (AvgIpc) is 3.40. The number of hydrogen-bond donors (Lipinski definition) is 5. The number of esters is 1. The minimum Gasteiger partial charge on any atom is -0.504 e. The maximum Gasteiger partial charge on any atom is 0.331 e. The zero-order chi connectivity index (χ0) is 39.7. The van der Waals surface area contributed by atoms with Crippen LogP contribution in [0.1, 0.15) is 105 Å². The van der Waals surface area contributed by atoms with Crippen molar-refractivity contribution in [1.82, 2.24) is 5.32 Å². The van der Waals surface area contributed by atoms with Gasteiger partial charge in [0.05, 0.1) is 24.4 Å². The SMILES string of the molecule is CCCCCCCCOc1ccc(NC(=O)C(NC(=O)C2(O)CC(OC(=O)/C=C/c3ccc(O)c(O)c3)C3OC(C)(C)OC3C2)C(C)OC(C)(C)C)cc1. The number of fused-ring (bicyclic) bond motifs is 1. The topological polar surface area (TPSA) is 182 Å². The average molecular weight is 755 g/mol. The second-order valence-corrected chi connectivity index (χ2v) is 15.7. The van der Waals surface area contributed by atoms with Gasteiger partial charge in [-0.2, -0.15) is 0 Å². The molecule has 1 saturated carbocycles. The maximum absolute atomic E-state index is 14.0. The fraction of sp³-hybridized carbons (Fsp3) is 0.585. The van der Waals surface area contributed by atoms with E-state index in [1.807, 2.05) is 20.8 Å². The van der Waals surface area contributed by atoms with E-state index in [1.54, 1.807) is 45.0 Å². The van der Waals surface area contributed by atoms with Crippen LogP contribution in [0.25, 0.3) is 6.08 Å². The Morgan fingerprint density at radius 2 is 1.65 bits per heavy atom. The number of aliphatic hydroxyl groups is 1. The maximum atomic E-state index is 14.0. The summed E-state index contributed by atoms with van der Waals surface area (Å²) in [5, 5.41) is 36.8. The summed E-state index contributed by atoms with van der Waals surface area (Å²) in [5.74, 6) is -3.30. The summed E-state index contributed by atoms with van der Waals surface area (Å²) >= 11 is 0. The smallest absolute Gasteiger partial charge is 0.331 e. The lowest BCUT2D eigenvalue weighted by atomic mass is 9.78. The first-order chi connectivity index (χ1) is 25.4. The van der Waals surface area contributed by atoms with E-state index >= 15 is 0 Å². The van der Waals surface area contributed by atoms with Crippen molar-refractivity contribution < 1.29 is 53.4 Å². The van der Waals surface area contributed by atoms with Crippen molar-refractivity contribution in [3.8, 4) is 17.2 Å². The predicted molar refractivity (Wildman–Crippen MR) is 203 cm³/mol. The van der Waals surface area contributed by atoms with Gasteiger partial charge in [0, 0.05) is 24.6 Å². The van der Waals surface area contributed by atoms with Crippen LogP contribution < -0.4 is 15.4 Å². The Labute approximate surface area is 318 Å². The highest BCUT2D eigenvalue weighted by molar-refractivity contribution is 5.99. The fourth-order valence-corrected chi connectivity index (χ4v) is 6.72. The second-order valence-electron chi connectivity index (χ2n) is 15.7. The van der Waals surface area contributed by atoms with E-state index in [1.165, 1.54) is 50.0 Å². The third kappa shape index (κ3) is 12.4. The van der Waals surface area contributed by atoms with Crippen LogP contribution in [0.15, 0.2) is 48.5 Å². The molecule has 2 aliphatic rings. The van der Waals surface area contributed by atoms with Crippen molar-refractivity contribution in [2.24, 2.45) is 0 Å². The van der Waals surface area contributed by atoms with Crippen LogP contribution in [0.4, 0.5) is 5.69 Å². The molecule has 0 bridgehead atoms. The number of phenolic OH excluding ortho intramolecular Hbond substituents is 2. The van der Waals surface area contributed by atoms with E-state index in [2.05, 4.69) is 17.6 Å². The lowest BCUT2D eigenvalue weighted by Crippen LogP contribution is -2.62. The normalized spacial score (nSPS) is 23.3. The Morgan fingerprint density at radius 3 is 2.31 bits per heavy atom. The van der Waals surface area contributed by atoms with Crippen molar-refractivity contribution >= 4 is 29.5 Å². The highest BCUT2D eigenvalue weighted by Gasteiger charge is 2.58. The molecule has 2 amide bonds. The largest absolute Gasteiger partial charge is 0.504 e. The van der Waals surface area contributed by atoms with Crippen molar-refractivity contribution in [2.75, 3.05) is 11.9 Å². The Kier molecular flexibility index (Phi) is 14.5. The summed E-state index contributed by atoms with van der Waals surface area (Å²) in [4.78, 5) is 40.8. The minimum absolute atomic E-state index is 0.188. The molecule has 54 heavy (non-hydrogen) atoms. The number of nitrogens with one attached hydrogen (secondary N) is 2. The first kappa shape index (κ1) is 42.6. The monoisotopic (exact) mass is 754 g/mol. The van der Waals surface area contributed by atoms with Crippen molar-refractivity contribution in [1.29, 1.82) is 0 Å². The van der Waals surface area contributed by atoms with Crippen LogP contribution in [-0.4, -0.2) is 87.2 Å². The Hall–Kier alpha value is -4.17. The van der Waals surface area contributed by atoms with E-state index in [0.29, 0.717) is 23.6 Å². The highest BCUT2D eigenvalue weighted by atomic mass is 16.8. The Morgan fingerprint density at radius 1 is 0.963 bits per heavy atom. The standard InChI is InChI=1S/C41H58N2O11/c1-8-9-10-11-12-13-22-50-29-18-16-28(17-19-29)42-37(47)35(26(2)52-39(3,4)5)43-38(48)41(49)24-32(36-33(25-41)53-40(6,7)54-36)51-34(46)21-15-27-14-20-30(44)31(45)23-27/h14-21,23,26,32-33,35-36,44-45,49H,8-13,22,24-25H2,1-7H3,(H,42,47)(H,43,48)/b21-15+. The molecule has 13 nitrogen and oxygen atoms in total. The summed E-state index contributed by atoms with van der Waals surface area (Å²) in [6.45, 7) is 13.3. The van der Waals surface area contributed by atoms with Gasteiger partial charge in [-0.1, -0.05) is 45.1 Å². The zero-order valence-electron chi connectivity index (χ0n) is 32.6. The lowest BCUT2D eigenvalue weighted by molar-refractivity contribution is -0.177. The summed E-state index contributed by atoms with van der Waals surface area (Å²) in [6.07, 6.45) is 5.39. The number of unbranched alkanes of at least 4 members (excludes halogenated alkanes) is 5. The van der Waals surface area contributed by atoms with Crippen LogP contribution in [0.3, 0.4) is 0 Å². The summed E-state index contributed by atoms with van der Waals surface area (Å²) in [7, 11) is 0. The van der Waals surface area contributed by atoms with Gasteiger partial charge in [0.25, 0.3) is 5.91 Å². The number of hydrogen-bond acceptors (Lipinski definition) is 11. The molecule has 2 aromatic rings. The van der Waals surface area contributed by atoms with Gasteiger partial charge < -0.3 is 49.6 Å². The molecular weight excluding hydrogens is 696 g/mol. The molecule has 13 heteroatoms. The fourth-order valence-electron chi connectivity index (χ4n) is 6.72. The third-order valence-electron chi connectivity index (χ3n) is 9.23. The quantitative estimate of drug-likeness (QED) is 0.0542. The summed E-state index contributed by atoms with van der Waals surface area (Å²) < 4.78 is 29.8. The molecule has 6 unspecified atom stereocenters. The molecule has 1 saturated heterocycles. The molecule has 5 N–H and O–H groups in total. The molecule has 0 radical (unpaired) electrons. The number of amides is 2. The number of benzene rings is 2. The molecule has 2 fully saturated rings. The zero-order valence-corrected chi connectivity index (χ0v) is 32.6. The van der Waals surface area contributed by atoms with Crippen LogP contribution in [0.2, 0.25) is 0 Å². The van der Waals surface area contributed by atoms with Crippen LogP contribution in [0, 0.1) is 0 Å². The number of carbonyl (C=O) groups excluding carboxylic acids is 3. The number of ether oxygens (including phenoxy) is 5. The van der Waals surface area contributed by atoms with E-state index in [-0.39, 0.29) is 24.3 Å². The van der Waals surface area contributed by atoms with Crippen molar-refractivity contribution in [2.45, 2.75) is 147 Å². The number of aromatic hydroxyl groups is 2. The van der Waals surface area contributed by atoms with Gasteiger partial charge in [0.15, 0.2) is 17.3 Å². The molecule has 1 aliphatic heterocycles. The minimum atomic E-state index is -2.13. The van der Waals surface area contributed by atoms with E-state index in [9.17, 15) is 29.7 Å². The first-order valence-electron chi connectivity index (χ1n) is 18.9. The van der Waals surface area contributed by atoms with Gasteiger partial charge in [0.1, 0.15) is 29.6 Å². The first-order valence-corrected chi connectivity index (χ1v) is 18.9. The predicted octanol–water partition coefficient (Wildman–Crippen LogP) is 6.13. The molecule has 1 aliphatic carbocycles. The molecule has 298 valence electrons. The van der Waals surface area contributed by atoms with Gasteiger partial charge in [-0.15, -0.1) is 0 Å². The van der Waals surface area contributed by atoms with Crippen LogP contribution in [-0.2, 0) is 33.3 Å². The van der Waals surface area contributed by atoms with Crippen molar-refractivity contribution in [3.05, 3.63) is 54.1 Å². The summed E-state index contributed by atoms with van der Waals surface area (Å²) in [6, 6.07) is 9.79. The molecule has 4 rings (SSSR count). The summed E-state index contributed by atoms with van der Waals surface area (Å²) in [5.41, 5.74) is -1.89. The number of carbonyl (C=O) groups is 3. The van der Waals surface area contributed by atoms with E-state index < -0.39 is 65.2 Å². The molecular formula is C41H58N2O11. The molecule has 2 aromatic carbocycles. The lowest BCUT2D eigenvalue weighted by Gasteiger charge is -2.41. The third-order valence-corrected chi connectivity index (χ3v) is 9.23. The van der Waals surface area contributed by atoms with Gasteiger partial charge in [-0.25, -0.2) is 4.79 Å². The van der Waals surface area contributed by atoms with Crippen LogP contribution >= 0.6 is 0 Å². The van der Waals surface area contributed by atoms with E-state index in [4.69, 9.17) is 23.7 Å². The molecule has 1 heterocycles. The molecule has 0 spiro atoms. The number of rotatable bonds is 17. The Balaban J connectivity index is 1.45. The number of anilines is 1. The second kappa shape index (κ2) is 18.4. The van der Waals surface area contributed by atoms with Gasteiger partial charge in [0.2, 0.25) is 5.91 Å².